The van der Waals surface area contributed by atoms with Gasteiger partial charge in [0.15, 0.2) is 0 Å². The second-order valence-corrected chi connectivity index (χ2v) is 5.88. The van der Waals surface area contributed by atoms with E-state index in [0.29, 0.717) is 6.04 Å². The Balaban J connectivity index is 1.93. The molecule has 3 nitrogen and oxygen atoms in total. The molecule has 1 aliphatic rings. The van der Waals surface area contributed by atoms with Crippen LogP contribution in [-0.4, -0.2) is 10.6 Å². The minimum atomic E-state index is 0.574. The fraction of sp³-hybridized carbons (Fsp3) is 0.688. The molecule has 19 heavy (non-hydrogen) atoms. The van der Waals surface area contributed by atoms with Crippen LogP contribution in [0.2, 0.25) is 0 Å². The molecular weight excluding hydrogens is 234 g/mol. The highest BCUT2D eigenvalue weighted by Crippen LogP contribution is 2.26. The zero-order valence-corrected chi connectivity index (χ0v) is 12.4. The Kier molecular flexibility index (Phi) is 4.66. The monoisotopic (exact) mass is 259 g/mol. The second kappa shape index (κ2) is 6.25. The van der Waals surface area contributed by atoms with Crippen molar-refractivity contribution in [3.05, 3.63) is 23.0 Å². The van der Waals surface area contributed by atoms with Crippen LogP contribution in [0.3, 0.4) is 0 Å². The van der Waals surface area contributed by atoms with Gasteiger partial charge in [-0.1, -0.05) is 19.3 Å². The van der Waals surface area contributed by atoms with Crippen LogP contribution in [0.1, 0.15) is 56.0 Å². The second-order valence-electron chi connectivity index (χ2n) is 5.88. The molecule has 0 saturated heterocycles. The van der Waals surface area contributed by atoms with Gasteiger partial charge in [-0.15, -0.1) is 0 Å². The topological polar surface area (TPSA) is 40.8 Å². The van der Waals surface area contributed by atoms with Crippen molar-refractivity contribution in [1.82, 2.24) is 9.88 Å². The SMILES string of the molecule is Cc1c(CNC(C)C2CCCCC2)cc(C#N)n1C. The lowest BCUT2D eigenvalue weighted by molar-refractivity contribution is 0.280. The van der Waals surface area contributed by atoms with E-state index in [1.807, 2.05) is 17.7 Å². The summed E-state index contributed by atoms with van der Waals surface area (Å²) in [5, 5.41) is 12.7. The van der Waals surface area contributed by atoms with Gasteiger partial charge in [-0.3, -0.25) is 0 Å². The highest BCUT2D eigenvalue weighted by Gasteiger charge is 2.20. The van der Waals surface area contributed by atoms with Gasteiger partial charge in [-0.25, -0.2) is 0 Å². The predicted molar refractivity (Wildman–Crippen MR) is 77.7 cm³/mol. The van der Waals surface area contributed by atoms with E-state index >= 15 is 0 Å². The number of nitriles is 1. The van der Waals surface area contributed by atoms with Crippen molar-refractivity contribution in [3.8, 4) is 6.07 Å². The van der Waals surface area contributed by atoms with Gasteiger partial charge in [0.25, 0.3) is 0 Å². The molecule has 1 aromatic rings. The molecule has 1 N–H and O–H groups in total. The van der Waals surface area contributed by atoms with Crippen LogP contribution in [-0.2, 0) is 13.6 Å². The first-order chi connectivity index (χ1) is 9.13. The van der Waals surface area contributed by atoms with Gasteiger partial charge >= 0.3 is 0 Å². The third-order valence-electron chi connectivity index (χ3n) is 4.73. The highest BCUT2D eigenvalue weighted by atomic mass is 15.0. The lowest BCUT2D eigenvalue weighted by atomic mass is 9.84. The van der Waals surface area contributed by atoms with Crippen molar-refractivity contribution in [2.24, 2.45) is 13.0 Å². The third-order valence-corrected chi connectivity index (χ3v) is 4.73. The van der Waals surface area contributed by atoms with E-state index in [1.165, 1.54) is 43.4 Å². The van der Waals surface area contributed by atoms with Crippen molar-refractivity contribution < 1.29 is 0 Å². The number of aromatic nitrogens is 1. The standard InChI is InChI=1S/C16H25N3/c1-12(14-7-5-4-6-8-14)18-11-15-9-16(10-17)19(3)13(15)2/h9,12,14,18H,4-8,11H2,1-3H3. The van der Waals surface area contributed by atoms with Crippen LogP contribution in [0.15, 0.2) is 6.07 Å². The summed E-state index contributed by atoms with van der Waals surface area (Å²) < 4.78 is 1.97. The fourth-order valence-electron chi connectivity index (χ4n) is 3.12. The Hall–Kier alpha value is -1.27. The average Bonchev–Trinajstić information content (AvgIpc) is 2.73. The molecule has 1 atom stereocenters. The van der Waals surface area contributed by atoms with Gasteiger partial charge in [-0.2, -0.15) is 5.26 Å². The summed E-state index contributed by atoms with van der Waals surface area (Å²) in [6.07, 6.45) is 6.92. The number of rotatable bonds is 4. The van der Waals surface area contributed by atoms with E-state index in [2.05, 4.69) is 25.2 Å². The van der Waals surface area contributed by atoms with Gasteiger partial charge in [0.2, 0.25) is 0 Å². The molecule has 0 aliphatic heterocycles. The van der Waals surface area contributed by atoms with E-state index < -0.39 is 0 Å². The van der Waals surface area contributed by atoms with Gasteiger partial charge in [0.1, 0.15) is 11.8 Å². The number of nitrogens with one attached hydrogen (secondary N) is 1. The molecule has 1 aromatic heterocycles. The maximum absolute atomic E-state index is 9.05. The Morgan fingerprint density at radius 3 is 2.68 bits per heavy atom. The molecule has 104 valence electrons. The summed E-state index contributed by atoms with van der Waals surface area (Å²) in [7, 11) is 1.96. The summed E-state index contributed by atoms with van der Waals surface area (Å²) in [6, 6.07) is 4.83. The largest absolute Gasteiger partial charge is 0.340 e. The lowest BCUT2D eigenvalue weighted by Crippen LogP contribution is -2.34. The van der Waals surface area contributed by atoms with Gasteiger partial charge in [-0.05, 0) is 44.2 Å². The molecule has 1 fully saturated rings. The van der Waals surface area contributed by atoms with Crippen LogP contribution in [0.5, 0.6) is 0 Å². The molecule has 3 heteroatoms. The van der Waals surface area contributed by atoms with E-state index in [-0.39, 0.29) is 0 Å². The predicted octanol–water partition coefficient (Wildman–Crippen LogP) is 3.26. The normalized spacial score (nSPS) is 18.2. The molecule has 0 radical (unpaired) electrons. The summed E-state index contributed by atoms with van der Waals surface area (Å²) in [5.74, 6) is 0.827. The molecule has 0 aromatic carbocycles. The van der Waals surface area contributed by atoms with Crippen molar-refractivity contribution in [2.75, 3.05) is 0 Å². The minimum absolute atomic E-state index is 0.574. The van der Waals surface area contributed by atoms with Crippen molar-refractivity contribution in [3.63, 3.8) is 0 Å². The van der Waals surface area contributed by atoms with Crippen LogP contribution < -0.4 is 5.32 Å². The fourth-order valence-corrected chi connectivity index (χ4v) is 3.12. The smallest absolute Gasteiger partial charge is 0.120 e. The summed E-state index contributed by atoms with van der Waals surface area (Å²) in [4.78, 5) is 0. The molecule has 1 saturated carbocycles. The first-order valence-corrected chi connectivity index (χ1v) is 7.42. The Morgan fingerprint density at radius 1 is 1.42 bits per heavy atom. The maximum Gasteiger partial charge on any atom is 0.120 e. The number of nitrogens with zero attached hydrogens (tertiary/aromatic N) is 2. The first kappa shape index (κ1) is 14.1. The maximum atomic E-state index is 9.05. The van der Waals surface area contributed by atoms with Crippen molar-refractivity contribution >= 4 is 0 Å². The van der Waals surface area contributed by atoms with Crippen LogP contribution >= 0.6 is 0 Å². The Morgan fingerprint density at radius 2 is 2.11 bits per heavy atom. The van der Waals surface area contributed by atoms with E-state index in [4.69, 9.17) is 5.26 Å². The minimum Gasteiger partial charge on any atom is -0.340 e. The summed E-state index contributed by atoms with van der Waals surface area (Å²) in [5.41, 5.74) is 3.20. The number of hydrogen-bond acceptors (Lipinski definition) is 2. The molecule has 1 aliphatic carbocycles. The van der Waals surface area contributed by atoms with Gasteiger partial charge in [0, 0.05) is 25.3 Å². The number of hydrogen-bond donors (Lipinski definition) is 1. The third kappa shape index (κ3) is 3.19. The lowest BCUT2D eigenvalue weighted by Gasteiger charge is -2.28. The molecule has 0 spiro atoms. The summed E-state index contributed by atoms with van der Waals surface area (Å²) >= 11 is 0. The molecule has 2 rings (SSSR count). The van der Waals surface area contributed by atoms with E-state index in [9.17, 15) is 0 Å². The first-order valence-electron chi connectivity index (χ1n) is 7.42. The quantitative estimate of drug-likeness (QED) is 0.901. The molecule has 0 amide bonds. The van der Waals surface area contributed by atoms with Crippen LogP contribution in [0, 0.1) is 24.2 Å². The Bertz CT molecular complexity index is 461. The van der Waals surface area contributed by atoms with Gasteiger partial charge in [0.05, 0.1) is 0 Å². The zero-order chi connectivity index (χ0) is 13.8. The molecule has 0 bridgehead atoms. The van der Waals surface area contributed by atoms with E-state index in [0.717, 1.165) is 18.2 Å². The highest BCUT2D eigenvalue weighted by molar-refractivity contribution is 5.34. The average molecular weight is 259 g/mol. The summed E-state index contributed by atoms with van der Waals surface area (Å²) in [6.45, 7) is 5.27. The van der Waals surface area contributed by atoms with Crippen LogP contribution in [0.25, 0.3) is 0 Å². The molecular formula is C16H25N3. The van der Waals surface area contributed by atoms with Gasteiger partial charge < -0.3 is 9.88 Å². The zero-order valence-electron chi connectivity index (χ0n) is 12.4. The van der Waals surface area contributed by atoms with E-state index in [1.54, 1.807) is 0 Å². The molecule has 1 unspecified atom stereocenters. The molecule has 1 heterocycles. The Labute approximate surface area is 116 Å². The van der Waals surface area contributed by atoms with Crippen molar-refractivity contribution in [1.29, 1.82) is 5.26 Å². The van der Waals surface area contributed by atoms with Crippen LogP contribution in [0.4, 0.5) is 0 Å². The van der Waals surface area contributed by atoms with Crippen molar-refractivity contribution in [2.45, 2.75) is 58.5 Å².